The van der Waals surface area contributed by atoms with Crippen LogP contribution in [0.25, 0.3) is 34.1 Å². The van der Waals surface area contributed by atoms with Crippen molar-refractivity contribution in [3.63, 3.8) is 0 Å². The van der Waals surface area contributed by atoms with E-state index in [1.165, 1.54) is 12.8 Å². The quantitative estimate of drug-likeness (QED) is 0.286. The molecule has 39 heavy (non-hydrogen) atoms. The number of fused-ring (bicyclic) bond motifs is 1. The van der Waals surface area contributed by atoms with Crippen molar-refractivity contribution in [3.8, 4) is 22.9 Å². The first-order valence-corrected chi connectivity index (χ1v) is 13.4. The Bertz CT molecular complexity index is 1660. The summed E-state index contributed by atoms with van der Waals surface area (Å²) >= 11 is 6.35. The Kier molecular flexibility index (Phi) is 6.97. The number of benzene rings is 1. The number of halogens is 1. The molecule has 5 aromatic rings. The van der Waals surface area contributed by atoms with Crippen LogP contribution in [0.1, 0.15) is 50.1 Å². The molecule has 11 heteroatoms. The van der Waals surface area contributed by atoms with Crippen LogP contribution in [-0.4, -0.2) is 41.8 Å². The second-order valence-electron chi connectivity index (χ2n) is 10.1. The Labute approximate surface area is 229 Å². The molecule has 1 unspecified atom stereocenters. The number of methoxy groups -OCH3 is 1. The van der Waals surface area contributed by atoms with E-state index in [0.29, 0.717) is 27.8 Å². The third-order valence-corrected chi connectivity index (χ3v) is 7.62. The summed E-state index contributed by atoms with van der Waals surface area (Å²) in [6, 6.07) is 11.8. The standard InChI is InChI=1S/C28H28ClN7O3/c1-16-8-10-17(11-9-16)15-36-22-21(19-12-20(29)14-30-13-19)31-25(26-34-28(37)39-35-26)32-24(22)33-27(36)23(38-2)18-6-4-3-5-7-18/h3-7,12-14,16-17,23H,8-11,15H2,1-2H3,(H,34,35,37). The second kappa shape index (κ2) is 10.7. The molecule has 0 spiro atoms. The Balaban J connectivity index is 1.61. The minimum atomic E-state index is -0.694. The van der Waals surface area contributed by atoms with Gasteiger partial charge in [-0.3, -0.25) is 14.5 Å². The van der Waals surface area contributed by atoms with Crippen LogP contribution in [0.15, 0.2) is 58.1 Å². The molecule has 0 bridgehead atoms. The lowest BCUT2D eigenvalue weighted by atomic mass is 9.83. The van der Waals surface area contributed by atoms with E-state index >= 15 is 0 Å². The maximum Gasteiger partial charge on any atom is 0.439 e. The van der Waals surface area contributed by atoms with Gasteiger partial charge in [-0.25, -0.2) is 19.7 Å². The third-order valence-electron chi connectivity index (χ3n) is 7.41. The Morgan fingerprint density at radius 2 is 1.92 bits per heavy atom. The fourth-order valence-electron chi connectivity index (χ4n) is 5.40. The zero-order valence-corrected chi connectivity index (χ0v) is 22.4. The molecule has 1 saturated carbocycles. The molecule has 1 aromatic carbocycles. The highest BCUT2D eigenvalue weighted by molar-refractivity contribution is 6.30. The topological polar surface area (TPSA) is 125 Å². The van der Waals surface area contributed by atoms with Gasteiger partial charge in [0.1, 0.15) is 23.1 Å². The van der Waals surface area contributed by atoms with Crippen molar-refractivity contribution in [2.24, 2.45) is 11.8 Å². The predicted molar refractivity (Wildman–Crippen MR) is 146 cm³/mol. The molecule has 0 saturated heterocycles. The van der Waals surface area contributed by atoms with E-state index in [1.807, 2.05) is 30.3 Å². The SMILES string of the molecule is COC(c1ccccc1)c1nc2nc(-c3noc(=O)[nH]3)nc(-c3cncc(Cl)c3)c2n1CC1CCC(C)CC1. The first-order chi connectivity index (χ1) is 19.0. The summed E-state index contributed by atoms with van der Waals surface area (Å²) in [5.74, 6) is 1.54. The molecular formula is C28H28ClN7O3. The molecular weight excluding hydrogens is 518 g/mol. The lowest BCUT2D eigenvalue weighted by Gasteiger charge is -2.28. The van der Waals surface area contributed by atoms with Crippen molar-refractivity contribution < 1.29 is 9.26 Å². The molecule has 4 aromatic heterocycles. The van der Waals surface area contributed by atoms with Gasteiger partial charge in [-0.15, -0.1) is 0 Å². The van der Waals surface area contributed by atoms with Crippen molar-refractivity contribution >= 4 is 22.8 Å². The maximum atomic E-state index is 11.7. The van der Waals surface area contributed by atoms with Gasteiger partial charge in [0.2, 0.25) is 11.6 Å². The van der Waals surface area contributed by atoms with Gasteiger partial charge in [0.05, 0.1) is 5.02 Å². The summed E-state index contributed by atoms with van der Waals surface area (Å²) in [6.45, 7) is 3.06. The van der Waals surface area contributed by atoms with E-state index in [0.717, 1.165) is 42.2 Å². The van der Waals surface area contributed by atoms with E-state index in [4.69, 9.17) is 35.8 Å². The predicted octanol–water partition coefficient (Wildman–Crippen LogP) is 5.45. The van der Waals surface area contributed by atoms with Gasteiger partial charge in [0, 0.05) is 31.6 Å². The van der Waals surface area contributed by atoms with Crippen molar-refractivity contribution in [2.45, 2.75) is 45.3 Å². The van der Waals surface area contributed by atoms with Crippen LogP contribution in [0.4, 0.5) is 0 Å². The fourth-order valence-corrected chi connectivity index (χ4v) is 5.57. The number of imidazole rings is 1. The highest BCUT2D eigenvalue weighted by Gasteiger charge is 2.29. The summed E-state index contributed by atoms with van der Waals surface area (Å²) < 4.78 is 13.0. The largest absolute Gasteiger partial charge is 0.439 e. The van der Waals surface area contributed by atoms with Gasteiger partial charge in [-0.1, -0.05) is 66.9 Å². The number of H-pyrrole nitrogens is 1. The molecule has 10 nitrogen and oxygen atoms in total. The van der Waals surface area contributed by atoms with Crippen LogP contribution in [0.3, 0.4) is 0 Å². The number of ether oxygens (including phenoxy) is 1. The van der Waals surface area contributed by atoms with Crippen molar-refractivity contribution in [1.82, 2.24) is 34.6 Å². The summed E-state index contributed by atoms with van der Waals surface area (Å²) in [5, 5.41) is 4.28. The Hall–Kier alpha value is -3.89. The van der Waals surface area contributed by atoms with E-state index in [1.54, 1.807) is 25.6 Å². The smallest absolute Gasteiger partial charge is 0.369 e. The normalized spacial score (nSPS) is 18.4. The lowest BCUT2D eigenvalue weighted by Crippen LogP contribution is -2.21. The van der Waals surface area contributed by atoms with E-state index < -0.39 is 11.9 Å². The minimum absolute atomic E-state index is 0.113. The molecule has 1 N–H and O–H groups in total. The van der Waals surface area contributed by atoms with Crippen LogP contribution in [0.5, 0.6) is 0 Å². The lowest BCUT2D eigenvalue weighted by molar-refractivity contribution is 0.124. The summed E-state index contributed by atoms with van der Waals surface area (Å²) in [5.41, 5.74) is 3.46. The van der Waals surface area contributed by atoms with Gasteiger partial charge in [0.15, 0.2) is 5.65 Å². The number of hydrogen-bond donors (Lipinski definition) is 1. The first kappa shape index (κ1) is 25.4. The number of aromatic nitrogens is 7. The summed E-state index contributed by atoms with van der Waals surface area (Å²) in [7, 11) is 1.68. The minimum Gasteiger partial charge on any atom is -0.369 e. The van der Waals surface area contributed by atoms with E-state index in [2.05, 4.69) is 26.6 Å². The number of pyridine rings is 1. The zero-order valence-electron chi connectivity index (χ0n) is 21.7. The third kappa shape index (κ3) is 5.09. The van der Waals surface area contributed by atoms with Crippen molar-refractivity contribution in [1.29, 1.82) is 0 Å². The van der Waals surface area contributed by atoms with Gasteiger partial charge >= 0.3 is 5.76 Å². The molecule has 1 atom stereocenters. The van der Waals surface area contributed by atoms with Crippen molar-refractivity contribution in [3.05, 3.63) is 75.8 Å². The molecule has 1 aliphatic rings. The average molecular weight is 546 g/mol. The number of aromatic amines is 1. The van der Waals surface area contributed by atoms with Crippen molar-refractivity contribution in [2.75, 3.05) is 7.11 Å². The first-order valence-electron chi connectivity index (χ1n) is 13.0. The summed E-state index contributed by atoms with van der Waals surface area (Å²) in [4.78, 5) is 33.1. The number of nitrogens with one attached hydrogen (secondary N) is 1. The molecule has 0 amide bonds. The molecule has 1 fully saturated rings. The molecule has 200 valence electrons. The highest BCUT2D eigenvalue weighted by atomic mass is 35.5. The second-order valence-corrected chi connectivity index (χ2v) is 10.6. The monoisotopic (exact) mass is 545 g/mol. The van der Waals surface area contributed by atoms with Gasteiger partial charge in [0.25, 0.3) is 0 Å². The van der Waals surface area contributed by atoms with E-state index in [-0.39, 0.29) is 11.6 Å². The zero-order chi connectivity index (χ0) is 26.9. The van der Waals surface area contributed by atoms with Crippen LogP contribution in [0, 0.1) is 11.8 Å². The van der Waals surface area contributed by atoms with Crippen LogP contribution in [-0.2, 0) is 11.3 Å². The average Bonchev–Trinajstić information content (AvgIpc) is 3.54. The number of hydrogen-bond acceptors (Lipinski definition) is 8. The van der Waals surface area contributed by atoms with Gasteiger partial charge < -0.3 is 9.30 Å². The molecule has 0 radical (unpaired) electrons. The highest BCUT2D eigenvalue weighted by Crippen LogP contribution is 2.37. The molecule has 1 aliphatic carbocycles. The molecule has 6 rings (SSSR count). The van der Waals surface area contributed by atoms with Crippen LogP contribution in [0.2, 0.25) is 5.02 Å². The Morgan fingerprint density at radius 3 is 2.62 bits per heavy atom. The molecule has 0 aliphatic heterocycles. The number of nitrogens with zero attached hydrogens (tertiary/aromatic N) is 6. The Morgan fingerprint density at radius 1 is 1.13 bits per heavy atom. The molecule has 4 heterocycles. The van der Waals surface area contributed by atoms with E-state index in [9.17, 15) is 4.79 Å². The van der Waals surface area contributed by atoms with Crippen LogP contribution >= 0.6 is 11.6 Å². The number of rotatable bonds is 7. The fraction of sp³-hybridized carbons (Fsp3) is 0.357. The van der Waals surface area contributed by atoms with Gasteiger partial charge in [-0.2, -0.15) is 0 Å². The summed E-state index contributed by atoms with van der Waals surface area (Å²) in [6.07, 6.45) is 7.51. The maximum absolute atomic E-state index is 11.7. The van der Waals surface area contributed by atoms with Crippen LogP contribution < -0.4 is 5.76 Å². The van der Waals surface area contributed by atoms with Gasteiger partial charge in [-0.05, 0) is 36.3 Å².